The number of fused-ring (bicyclic) bond motifs is 2. The fraction of sp³-hybridized carbons (Fsp3) is 0.250. The maximum atomic E-state index is 12.5. The third kappa shape index (κ3) is 6.99. The lowest BCUT2D eigenvalue weighted by Crippen LogP contribution is -2.48. The van der Waals surface area contributed by atoms with Crippen molar-refractivity contribution in [1.29, 1.82) is 0 Å². The van der Waals surface area contributed by atoms with E-state index < -0.39 is 0 Å². The van der Waals surface area contributed by atoms with Gasteiger partial charge in [0.15, 0.2) is 0 Å². The monoisotopic (exact) mass is 637 g/mol. The zero-order valence-corrected chi connectivity index (χ0v) is 27.2. The number of nitrogens with one attached hydrogen (secondary N) is 1. The minimum Gasteiger partial charge on any atom is -0.493 e. The number of pyridine rings is 2. The number of aromatic amines is 1. The lowest BCUT2D eigenvalue weighted by molar-refractivity contribution is -0.134. The molecule has 0 aliphatic carbocycles. The first-order chi connectivity index (χ1) is 23.5. The smallest absolute Gasteiger partial charge is 0.223 e. The first-order valence-corrected chi connectivity index (χ1v) is 16.6. The molecule has 1 fully saturated rings. The van der Waals surface area contributed by atoms with Crippen LogP contribution in [0.25, 0.3) is 43.9 Å². The van der Waals surface area contributed by atoms with Gasteiger partial charge in [-0.05, 0) is 52.8 Å². The van der Waals surface area contributed by atoms with E-state index in [1.807, 2.05) is 41.8 Å². The van der Waals surface area contributed by atoms with Crippen molar-refractivity contribution in [2.75, 3.05) is 32.8 Å². The van der Waals surface area contributed by atoms with Gasteiger partial charge in [-0.25, -0.2) is 0 Å². The number of carbonyl (C=O) groups is 2. The van der Waals surface area contributed by atoms with Gasteiger partial charge in [0.05, 0.1) is 6.61 Å². The Kier molecular flexibility index (Phi) is 9.25. The number of carbonyl (C=O) groups excluding carboxylic acids is 2. The van der Waals surface area contributed by atoms with Gasteiger partial charge in [0.25, 0.3) is 0 Å². The van der Waals surface area contributed by atoms with E-state index in [2.05, 4.69) is 80.5 Å². The molecule has 1 aliphatic heterocycles. The van der Waals surface area contributed by atoms with Crippen molar-refractivity contribution in [3.8, 4) is 28.0 Å². The Hall–Kier alpha value is -5.34. The van der Waals surface area contributed by atoms with Gasteiger partial charge in [0.1, 0.15) is 11.5 Å². The highest BCUT2D eigenvalue weighted by molar-refractivity contribution is 5.97. The van der Waals surface area contributed by atoms with E-state index in [0.29, 0.717) is 32.5 Å². The van der Waals surface area contributed by atoms with Crippen molar-refractivity contribution in [3.05, 3.63) is 115 Å². The summed E-state index contributed by atoms with van der Waals surface area (Å²) in [6.07, 6.45) is 10.9. The minimum absolute atomic E-state index is 0.0557. The number of hydrogen-bond donors (Lipinski definition) is 1. The second kappa shape index (κ2) is 14.2. The standard InChI is InChI=1S/C40H39N5O3/c1-28(46)5-12-40(47)45-20-18-44(19-21-45)27-30-8-11-34(36-26-43-38-14-17-42-25-37(36)38)39(23-30)48-22-15-29-6-9-32(10-7-29)33-4-2-3-31-13-16-41-24-35(31)33/h2-4,6-11,13-14,16-17,23-26,43H,5,12,15,18-22,27H2,1H3. The number of ketones is 1. The molecule has 0 saturated carbocycles. The van der Waals surface area contributed by atoms with Crippen LogP contribution in [-0.4, -0.2) is 69.2 Å². The summed E-state index contributed by atoms with van der Waals surface area (Å²) in [5.41, 5.74) is 7.85. The van der Waals surface area contributed by atoms with E-state index >= 15 is 0 Å². The van der Waals surface area contributed by atoms with E-state index in [-0.39, 0.29) is 11.7 Å². The van der Waals surface area contributed by atoms with Crippen molar-refractivity contribution in [1.82, 2.24) is 24.8 Å². The van der Waals surface area contributed by atoms with Crippen molar-refractivity contribution in [2.24, 2.45) is 0 Å². The second-order valence-electron chi connectivity index (χ2n) is 12.5. The number of hydrogen-bond acceptors (Lipinski definition) is 6. The molecule has 0 unspecified atom stereocenters. The van der Waals surface area contributed by atoms with E-state index in [1.54, 1.807) is 6.20 Å². The van der Waals surface area contributed by atoms with Crippen LogP contribution in [0.4, 0.5) is 0 Å². The molecule has 1 saturated heterocycles. The number of rotatable bonds is 11. The number of amides is 1. The summed E-state index contributed by atoms with van der Waals surface area (Å²) >= 11 is 0. The highest BCUT2D eigenvalue weighted by Gasteiger charge is 2.22. The topological polar surface area (TPSA) is 91.4 Å². The predicted molar refractivity (Wildman–Crippen MR) is 190 cm³/mol. The summed E-state index contributed by atoms with van der Waals surface area (Å²) in [4.78, 5) is 40.2. The molecule has 8 heteroatoms. The van der Waals surface area contributed by atoms with E-state index in [0.717, 1.165) is 64.8 Å². The van der Waals surface area contributed by atoms with E-state index in [9.17, 15) is 9.59 Å². The quantitative estimate of drug-likeness (QED) is 0.163. The highest BCUT2D eigenvalue weighted by atomic mass is 16.5. The Labute approximate surface area is 280 Å². The molecular formula is C40H39N5O3. The Balaban J connectivity index is 1.05. The summed E-state index contributed by atoms with van der Waals surface area (Å²) in [7, 11) is 0. The third-order valence-corrected chi connectivity index (χ3v) is 9.24. The van der Waals surface area contributed by atoms with Gasteiger partial charge in [-0.2, -0.15) is 0 Å². The van der Waals surface area contributed by atoms with Crippen LogP contribution in [0.2, 0.25) is 0 Å². The van der Waals surface area contributed by atoms with Crippen molar-refractivity contribution < 1.29 is 14.3 Å². The molecule has 7 rings (SSSR count). The van der Waals surface area contributed by atoms with E-state index in [4.69, 9.17) is 4.74 Å². The molecule has 0 radical (unpaired) electrons. The minimum atomic E-state index is 0.0557. The number of benzene rings is 3. The lowest BCUT2D eigenvalue weighted by atomic mass is 9.98. The van der Waals surface area contributed by atoms with Crippen molar-refractivity contribution in [3.63, 3.8) is 0 Å². The van der Waals surface area contributed by atoms with Crippen LogP contribution in [-0.2, 0) is 22.6 Å². The first-order valence-electron chi connectivity index (χ1n) is 16.6. The normalized spacial score (nSPS) is 13.6. The van der Waals surface area contributed by atoms with Gasteiger partial charge in [0.2, 0.25) is 5.91 Å². The summed E-state index contributed by atoms with van der Waals surface area (Å²) in [6, 6.07) is 25.6. The third-order valence-electron chi connectivity index (χ3n) is 9.24. The summed E-state index contributed by atoms with van der Waals surface area (Å²) in [5.74, 6) is 0.967. The number of Topliss-reactive ketones (excluding diaryl/α,β-unsaturated/α-hetero) is 1. The van der Waals surface area contributed by atoms with Crippen LogP contribution >= 0.6 is 0 Å². The van der Waals surface area contributed by atoms with Crippen LogP contribution in [0.15, 0.2) is 104 Å². The Morgan fingerprint density at radius 1 is 0.792 bits per heavy atom. The molecule has 3 aromatic heterocycles. The second-order valence-corrected chi connectivity index (χ2v) is 12.5. The van der Waals surface area contributed by atoms with Gasteiger partial charge in [-0.1, -0.05) is 54.6 Å². The molecule has 1 amide bonds. The van der Waals surface area contributed by atoms with Crippen LogP contribution in [0.5, 0.6) is 5.75 Å². The maximum absolute atomic E-state index is 12.5. The molecule has 0 bridgehead atoms. The molecule has 48 heavy (non-hydrogen) atoms. The zero-order chi connectivity index (χ0) is 32.9. The fourth-order valence-electron chi connectivity index (χ4n) is 6.54. The fourth-order valence-corrected chi connectivity index (χ4v) is 6.54. The molecular weight excluding hydrogens is 598 g/mol. The molecule has 0 spiro atoms. The number of H-pyrrole nitrogens is 1. The average Bonchev–Trinajstić information content (AvgIpc) is 3.55. The largest absolute Gasteiger partial charge is 0.493 e. The molecule has 3 aromatic carbocycles. The van der Waals surface area contributed by atoms with Crippen LogP contribution in [0, 0.1) is 0 Å². The summed E-state index contributed by atoms with van der Waals surface area (Å²) < 4.78 is 6.57. The molecule has 1 aliphatic rings. The van der Waals surface area contributed by atoms with Gasteiger partial charge < -0.3 is 19.4 Å². The zero-order valence-electron chi connectivity index (χ0n) is 27.2. The molecule has 8 nitrogen and oxygen atoms in total. The number of nitrogens with zero attached hydrogens (tertiary/aromatic N) is 4. The number of ether oxygens (including phenoxy) is 1. The Morgan fingerprint density at radius 2 is 1.56 bits per heavy atom. The number of piperazine rings is 1. The molecule has 6 aromatic rings. The summed E-state index contributed by atoms with van der Waals surface area (Å²) in [6.45, 7) is 5.79. The van der Waals surface area contributed by atoms with E-state index in [1.165, 1.54) is 29.0 Å². The summed E-state index contributed by atoms with van der Waals surface area (Å²) in [5, 5.41) is 3.39. The predicted octanol–water partition coefficient (Wildman–Crippen LogP) is 7.08. The van der Waals surface area contributed by atoms with Crippen molar-refractivity contribution in [2.45, 2.75) is 32.7 Å². The number of aromatic nitrogens is 3. The van der Waals surface area contributed by atoms with Gasteiger partial charge >= 0.3 is 0 Å². The Morgan fingerprint density at radius 3 is 2.38 bits per heavy atom. The van der Waals surface area contributed by atoms with Crippen LogP contribution in [0.1, 0.15) is 30.9 Å². The maximum Gasteiger partial charge on any atom is 0.223 e. The molecule has 1 N–H and O–H groups in total. The average molecular weight is 638 g/mol. The Bertz CT molecular complexity index is 2060. The lowest BCUT2D eigenvalue weighted by Gasteiger charge is -2.35. The van der Waals surface area contributed by atoms with Crippen LogP contribution in [0.3, 0.4) is 0 Å². The van der Waals surface area contributed by atoms with Gasteiger partial charge in [0, 0.05) is 110 Å². The van der Waals surface area contributed by atoms with Gasteiger partial charge in [-0.3, -0.25) is 19.7 Å². The molecule has 4 heterocycles. The van der Waals surface area contributed by atoms with Gasteiger partial charge in [-0.15, -0.1) is 0 Å². The highest BCUT2D eigenvalue weighted by Crippen LogP contribution is 2.36. The van der Waals surface area contributed by atoms with Crippen LogP contribution < -0.4 is 4.74 Å². The molecule has 242 valence electrons. The molecule has 0 atom stereocenters. The SMILES string of the molecule is CC(=O)CCC(=O)N1CCN(Cc2ccc(-c3c[nH]c4ccncc34)c(OCCc3ccc(-c4cccc5ccncc45)cc3)c2)CC1. The first kappa shape index (κ1) is 31.3. The van der Waals surface area contributed by atoms with Crippen molar-refractivity contribution >= 4 is 33.4 Å².